The van der Waals surface area contributed by atoms with Crippen molar-refractivity contribution in [3.8, 4) is 0 Å². The molecule has 2 nitrogen and oxygen atoms in total. The van der Waals surface area contributed by atoms with E-state index in [1.54, 1.807) is 0 Å². The van der Waals surface area contributed by atoms with Crippen molar-refractivity contribution in [2.24, 2.45) is 16.6 Å². The fourth-order valence-electron chi connectivity index (χ4n) is 3.30. The van der Waals surface area contributed by atoms with Crippen LogP contribution in [0.1, 0.15) is 65.7 Å². The lowest BCUT2D eigenvalue weighted by Gasteiger charge is -2.49. The standard InChI is InChI=1S/C14H29NO/c1-4-5-6-9-14(11-15)10-7-8-13(2,3)12(14)16/h12,16H,4-11,15H2,1-3H3. The van der Waals surface area contributed by atoms with Crippen LogP contribution in [-0.2, 0) is 0 Å². The van der Waals surface area contributed by atoms with E-state index in [4.69, 9.17) is 5.73 Å². The Morgan fingerprint density at radius 3 is 2.50 bits per heavy atom. The third-order valence-corrected chi connectivity index (χ3v) is 4.50. The topological polar surface area (TPSA) is 46.2 Å². The molecule has 1 saturated carbocycles. The van der Waals surface area contributed by atoms with Gasteiger partial charge in [0.1, 0.15) is 0 Å². The third kappa shape index (κ3) is 2.78. The molecule has 96 valence electrons. The van der Waals surface area contributed by atoms with E-state index < -0.39 is 0 Å². The Hall–Kier alpha value is -0.0800. The maximum Gasteiger partial charge on any atom is 0.0659 e. The lowest BCUT2D eigenvalue weighted by molar-refractivity contribution is -0.0933. The lowest BCUT2D eigenvalue weighted by atomic mass is 9.59. The van der Waals surface area contributed by atoms with Crippen LogP contribution in [0.5, 0.6) is 0 Å². The molecule has 0 aromatic carbocycles. The third-order valence-electron chi connectivity index (χ3n) is 4.50. The first-order valence-corrected chi connectivity index (χ1v) is 6.87. The van der Waals surface area contributed by atoms with Crippen LogP contribution < -0.4 is 5.73 Å². The number of hydrogen-bond acceptors (Lipinski definition) is 2. The van der Waals surface area contributed by atoms with Gasteiger partial charge in [-0.05, 0) is 24.7 Å². The van der Waals surface area contributed by atoms with E-state index in [2.05, 4.69) is 20.8 Å². The van der Waals surface area contributed by atoms with E-state index in [9.17, 15) is 5.11 Å². The van der Waals surface area contributed by atoms with E-state index in [1.165, 1.54) is 25.7 Å². The number of hydrogen-bond donors (Lipinski definition) is 2. The minimum absolute atomic E-state index is 0.00306. The van der Waals surface area contributed by atoms with Crippen molar-refractivity contribution in [2.75, 3.05) is 6.54 Å². The van der Waals surface area contributed by atoms with Gasteiger partial charge in [-0.1, -0.05) is 46.5 Å². The maximum atomic E-state index is 10.6. The number of nitrogens with two attached hydrogens (primary N) is 1. The van der Waals surface area contributed by atoms with Gasteiger partial charge in [0.05, 0.1) is 6.10 Å². The zero-order chi connectivity index (χ0) is 12.2. The highest BCUT2D eigenvalue weighted by molar-refractivity contribution is 4.98. The van der Waals surface area contributed by atoms with Gasteiger partial charge in [0.15, 0.2) is 0 Å². The predicted molar refractivity (Wildman–Crippen MR) is 69.3 cm³/mol. The molecule has 0 aromatic rings. The number of rotatable bonds is 5. The number of aliphatic hydroxyl groups excluding tert-OH is 1. The van der Waals surface area contributed by atoms with Crippen molar-refractivity contribution >= 4 is 0 Å². The van der Waals surface area contributed by atoms with Crippen molar-refractivity contribution < 1.29 is 5.11 Å². The van der Waals surface area contributed by atoms with E-state index in [1.807, 2.05) is 0 Å². The van der Waals surface area contributed by atoms with Gasteiger partial charge in [-0.3, -0.25) is 0 Å². The minimum Gasteiger partial charge on any atom is -0.392 e. The second-order valence-corrected chi connectivity index (χ2v) is 6.27. The van der Waals surface area contributed by atoms with Gasteiger partial charge < -0.3 is 10.8 Å². The maximum absolute atomic E-state index is 10.6. The molecule has 0 spiro atoms. The summed E-state index contributed by atoms with van der Waals surface area (Å²) in [5.41, 5.74) is 6.01. The summed E-state index contributed by atoms with van der Waals surface area (Å²) in [6.45, 7) is 7.22. The summed E-state index contributed by atoms with van der Waals surface area (Å²) in [4.78, 5) is 0. The van der Waals surface area contributed by atoms with E-state index in [-0.39, 0.29) is 16.9 Å². The first-order valence-electron chi connectivity index (χ1n) is 6.87. The molecule has 2 heteroatoms. The van der Waals surface area contributed by atoms with Gasteiger partial charge >= 0.3 is 0 Å². The fraction of sp³-hybridized carbons (Fsp3) is 1.00. The molecule has 1 rings (SSSR count). The molecular weight excluding hydrogens is 198 g/mol. The Bertz CT molecular complexity index is 215. The molecule has 1 fully saturated rings. The van der Waals surface area contributed by atoms with Gasteiger partial charge in [0, 0.05) is 12.0 Å². The zero-order valence-corrected chi connectivity index (χ0v) is 11.3. The molecule has 0 aromatic heterocycles. The van der Waals surface area contributed by atoms with Crippen LogP contribution in [-0.4, -0.2) is 17.8 Å². The smallest absolute Gasteiger partial charge is 0.0659 e. The Morgan fingerprint density at radius 1 is 1.25 bits per heavy atom. The van der Waals surface area contributed by atoms with E-state index in [0.717, 1.165) is 19.3 Å². The van der Waals surface area contributed by atoms with E-state index in [0.29, 0.717) is 6.54 Å². The van der Waals surface area contributed by atoms with Crippen LogP contribution in [0.2, 0.25) is 0 Å². The largest absolute Gasteiger partial charge is 0.392 e. The molecule has 0 saturated heterocycles. The molecule has 1 aliphatic rings. The minimum atomic E-state index is -0.226. The average Bonchev–Trinajstić information content (AvgIpc) is 2.25. The van der Waals surface area contributed by atoms with Crippen LogP contribution >= 0.6 is 0 Å². The van der Waals surface area contributed by atoms with E-state index >= 15 is 0 Å². The van der Waals surface area contributed by atoms with Crippen molar-refractivity contribution in [2.45, 2.75) is 71.8 Å². The summed E-state index contributed by atoms with van der Waals surface area (Å²) in [5.74, 6) is 0. The summed E-state index contributed by atoms with van der Waals surface area (Å²) in [6.07, 6.45) is 8.03. The average molecular weight is 227 g/mol. The lowest BCUT2D eigenvalue weighted by Crippen LogP contribution is -2.52. The highest BCUT2D eigenvalue weighted by atomic mass is 16.3. The van der Waals surface area contributed by atoms with Gasteiger partial charge in [-0.15, -0.1) is 0 Å². The number of unbranched alkanes of at least 4 members (excludes halogenated alkanes) is 2. The van der Waals surface area contributed by atoms with Crippen LogP contribution in [0, 0.1) is 10.8 Å². The summed E-state index contributed by atoms with van der Waals surface area (Å²) in [7, 11) is 0. The molecule has 2 unspecified atom stereocenters. The Labute approximate surface area is 101 Å². The molecule has 0 amide bonds. The molecule has 3 N–H and O–H groups in total. The van der Waals surface area contributed by atoms with Gasteiger partial charge in [-0.25, -0.2) is 0 Å². The molecule has 0 radical (unpaired) electrons. The van der Waals surface area contributed by atoms with Crippen molar-refractivity contribution in [3.63, 3.8) is 0 Å². The normalized spacial score (nSPS) is 33.9. The highest BCUT2D eigenvalue weighted by Crippen LogP contribution is 2.48. The molecule has 0 bridgehead atoms. The second-order valence-electron chi connectivity index (χ2n) is 6.27. The van der Waals surface area contributed by atoms with Crippen molar-refractivity contribution in [1.29, 1.82) is 0 Å². The predicted octanol–water partition coefficient (Wildman–Crippen LogP) is 3.08. The van der Waals surface area contributed by atoms with Crippen LogP contribution in [0.25, 0.3) is 0 Å². The number of aliphatic hydroxyl groups is 1. The second kappa shape index (κ2) is 5.50. The molecule has 0 heterocycles. The fourth-order valence-corrected chi connectivity index (χ4v) is 3.30. The summed E-state index contributed by atoms with van der Waals surface area (Å²) in [6, 6.07) is 0. The molecule has 2 atom stereocenters. The monoisotopic (exact) mass is 227 g/mol. The first-order chi connectivity index (χ1) is 7.48. The molecular formula is C14H29NO. The van der Waals surface area contributed by atoms with Crippen LogP contribution in [0.15, 0.2) is 0 Å². The van der Waals surface area contributed by atoms with Crippen LogP contribution in [0.3, 0.4) is 0 Å². The summed E-state index contributed by atoms with van der Waals surface area (Å²) >= 11 is 0. The van der Waals surface area contributed by atoms with Crippen molar-refractivity contribution in [1.82, 2.24) is 0 Å². The van der Waals surface area contributed by atoms with Crippen LogP contribution in [0.4, 0.5) is 0 Å². The molecule has 16 heavy (non-hydrogen) atoms. The SMILES string of the molecule is CCCCCC1(CN)CCCC(C)(C)C1O. The van der Waals surface area contributed by atoms with Gasteiger partial charge in [-0.2, -0.15) is 0 Å². The zero-order valence-electron chi connectivity index (χ0n) is 11.3. The van der Waals surface area contributed by atoms with Gasteiger partial charge in [0.25, 0.3) is 0 Å². The quantitative estimate of drug-likeness (QED) is 0.709. The van der Waals surface area contributed by atoms with Gasteiger partial charge in [0.2, 0.25) is 0 Å². The Morgan fingerprint density at radius 2 is 1.94 bits per heavy atom. The summed E-state index contributed by atoms with van der Waals surface area (Å²) in [5, 5.41) is 10.6. The summed E-state index contributed by atoms with van der Waals surface area (Å²) < 4.78 is 0. The first kappa shape index (κ1) is 14.0. The molecule has 0 aliphatic heterocycles. The molecule has 1 aliphatic carbocycles. The Kier molecular flexibility index (Phi) is 4.81. The Balaban J connectivity index is 2.69. The van der Waals surface area contributed by atoms with Crippen molar-refractivity contribution in [3.05, 3.63) is 0 Å². The highest BCUT2D eigenvalue weighted by Gasteiger charge is 2.47.